The first-order valence-electron chi connectivity index (χ1n) is 7.34. The highest BCUT2D eigenvalue weighted by atomic mass is 16.6. The molecule has 21 heavy (non-hydrogen) atoms. The van der Waals surface area contributed by atoms with Gasteiger partial charge in [-0.25, -0.2) is 4.79 Å². The smallest absolute Gasteiger partial charge is 0.410 e. The molecule has 1 rings (SSSR count). The molecule has 2 unspecified atom stereocenters. The zero-order valence-electron chi connectivity index (χ0n) is 13.5. The van der Waals surface area contributed by atoms with Crippen LogP contribution in [0.25, 0.3) is 0 Å². The maximum absolute atomic E-state index is 12.2. The number of carbonyl (C=O) groups excluding carboxylic acids is 3. The van der Waals surface area contributed by atoms with E-state index in [0.717, 1.165) is 0 Å². The van der Waals surface area contributed by atoms with Crippen molar-refractivity contribution in [3.05, 3.63) is 0 Å². The summed E-state index contributed by atoms with van der Waals surface area (Å²) in [4.78, 5) is 37.7. The van der Waals surface area contributed by atoms with Gasteiger partial charge in [0, 0.05) is 19.0 Å². The van der Waals surface area contributed by atoms with Gasteiger partial charge in [-0.3, -0.25) is 9.59 Å². The third-order valence-electron chi connectivity index (χ3n) is 3.23. The SMILES string of the molecule is CCOC(=O)C1CCN(C(=O)OC(C)(C)C)CC(C)C1=O. The molecule has 0 saturated carbocycles. The normalized spacial score (nSPS) is 23.5. The first-order chi connectivity index (χ1) is 9.65. The molecule has 0 bridgehead atoms. The fourth-order valence-corrected chi connectivity index (χ4v) is 2.25. The van der Waals surface area contributed by atoms with Crippen LogP contribution < -0.4 is 0 Å². The number of Topliss-reactive ketones (excluding diaryl/α,β-unsaturated/α-hetero) is 1. The quantitative estimate of drug-likeness (QED) is 0.576. The maximum atomic E-state index is 12.2. The molecule has 0 aliphatic carbocycles. The Morgan fingerprint density at radius 1 is 1.33 bits per heavy atom. The standard InChI is InChI=1S/C15H25NO5/c1-6-20-13(18)11-7-8-16(9-10(2)12(11)17)14(19)21-15(3,4)5/h10-11H,6-9H2,1-5H3. The molecule has 1 fully saturated rings. The molecule has 0 radical (unpaired) electrons. The van der Waals surface area contributed by atoms with Gasteiger partial charge >= 0.3 is 12.1 Å². The van der Waals surface area contributed by atoms with Crippen LogP contribution in [0.5, 0.6) is 0 Å². The van der Waals surface area contributed by atoms with Crippen LogP contribution in [0.15, 0.2) is 0 Å². The molecule has 0 aromatic carbocycles. The second kappa shape index (κ2) is 6.91. The molecule has 6 nitrogen and oxygen atoms in total. The van der Waals surface area contributed by atoms with Crippen molar-refractivity contribution >= 4 is 17.8 Å². The molecular weight excluding hydrogens is 274 g/mol. The van der Waals surface area contributed by atoms with Crippen molar-refractivity contribution in [3.8, 4) is 0 Å². The van der Waals surface area contributed by atoms with Gasteiger partial charge < -0.3 is 14.4 Å². The topological polar surface area (TPSA) is 72.9 Å². The van der Waals surface area contributed by atoms with Crippen molar-refractivity contribution in [2.24, 2.45) is 11.8 Å². The summed E-state index contributed by atoms with van der Waals surface area (Å²) in [6, 6.07) is 0. The molecule has 2 atom stereocenters. The summed E-state index contributed by atoms with van der Waals surface area (Å²) in [6.45, 7) is 9.62. The molecule has 1 aliphatic rings. The summed E-state index contributed by atoms with van der Waals surface area (Å²) in [5.74, 6) is -1.86. The lowest BCUT2D eigenvalue weighted by atomic mass is 9.93. The van der Waals surface area contributed by atoms with E-state index < -0.39 is 29.5 Å². The van der Waals surface area contributed by atoms with E-state index in [2.05, 4.69) is 0 Å². The number of hydrogen-bond donors (Lipinski definition) is 0. The molecule has 6 heteroatoms. The monoisotopic (exact) mass is 299 g/mol. The highest BCUT2D eigenvalue weighted by Gasteiger charge is 2.37. The van der Waals surface area contributed by atoms with Gasteiger partial charge in [-0.05, 0) is 34.1 Å². The number of likely N-dealkylation sites (tertiary alicyclic amines) is 1. The molecule has 0 N–H and O–H groups in total. The van der Waals surface area contributed by atoms with Crippen LogP contribution in [0.1, 0.15) is 41.0 Å². The van der Waals surface area contributed by atoms with Gasteiger partial charge in [0.05, 0.1) is 6.61 Å². The van der Waals surface area contributed by atoms with Gasteiger partial charge in [0.2, 0.25) is 0 Å². The Hall–Kier alpha value is -1.59. The molecule has 0 aromatic heterocycles. The Bertz CT molecular complexity index is 413. The lowest BCUT2D eigenvalue weighted by molar-refractivity contribution is -0.152. The number of carbonyl (C=O) groups is 3. The molecule has 1 amide bonds. The van der Waals surface area contributed by atoms with E-state index in [4.69, 9.17) is 9.47 Å². The Balaban J connectivity index is 2.77. The summed E-state index contributed by atoms with van der Waals surface area (Å²) < 4.78 is 10.3. The highest BCUT2D eigenvalue weighted by Crippen LogP contribution is 2.21. The number of amides is 1. The number of esters is 1. The summed E-state index contributed by atoms with van der Waals surface area (Å²) in [7, 11) is 0. The van der Waals surface area contributed by atoms with Crippen molar-refractivity contribution in [1.29, 1.82) is 0 Å². The van der Waals surface area contributed by atoms with E-state index in [9.17, 15) is 14.4 Å². The summed E-state index contributed by atoms with van der Waals surface area (Å²) in [5.41, 5.74) is -0.586. The molecule has 1 aliphatic heterocycles. The minimum Gasteiger partial charge on any atom is -0.465 e. The van der Waals surface area contributed by atoms with Crippen LogP contribution >= 0.6 is 0 Å². The van der Waals surface area contributed by atoms with Crippen molar-refractivity contribution in [2.45, 2.75) is 46.6 Å². The van der Waals surface area contributed by atoms with Crippen LogP contribution in [0.2, 0.25) is 0 Å². The zero-order valence-corrected chi connectivity index (χ0v) is 13.5. The first kappa shape index (κ1) is 17.5. The maximum Gasteiger partial charge on any atom is 0.410 e. The second-order valence-corrected chi connectivity index (χ2v) is 6.32. The third-order valence-corrected chi connectivity index (χ3v) is 3.23. The van der Waals surface area contributed by atoms with Gasteiger partial charge in [0.15, 0.2) is 5.78 Å². The fraction of sp³-hybridized carbons (Fsp3) is 0.800. The average Bonchev–Trinajstić information content (AvgIpc) is 2.48. The number of nitrogens with zero attached hydrogens (tertiary/aromatic N) is 1. The van der Waals surface area contributed by atoms with Gasteiger partial charge in [-0.2, -0.15) is 0 Å². The van der Waals surface area contributed by atoms with Crippen LogP contribution in [-0.2, 0) is 19.1 Å². The molecule has 120 valence electrons. The number of hydrogen-bond acceptors (Lipinski definition) is 5. The van der Waals surface area contributed by atoms with Crippen LogP contribution in [0, 0.1) is 11.8 Å². The predicted octanol–water partition coefficient (Wildman–Crippen LogP) is 2.01. The number of ether oxygens (including phenoxy) is 2. The Labute approximate surface area is 125 Å². The minimum atomic E-state index is -0.785. The largest absolute Gasteiger partial charge is 0.465 e. The van der Waals surface area contributed by atoms with Gasteiger partial charge in [-0.1, -0.05) is 6.92 Å². The fourth-order valence-electron chi connectivity index (χ4n) is 2.25. The average molecular weight is 299 g/mol. The van der Waals surface area contributed by atoms with E-state index >= 15 is 0 Å². The van der Waals surface area contributed by atoms with Gasteiger partial charge in [-0.15, -0.1) is 0 Å². The molecule has 0 spiro atoms. The van der Waals surface area contributed by atoms with E-state index in [1.165, 1.54) is 4.90 Å². The molecular formula is C15H25NO5. The summed E-state index contributed by atoms with van der Waals surface area (Å²) in [6.07, 6.45) is -0.173. The van der Waals surface area contributed by atoms with E-state index in [1.807, 2.05) is 0 Å². The first-order valence-corrected chi connectivity index (χ1v) is 7.34. The van der Waals surface area contributed by atoms with Gasteiger partial charge in [0.1, 0.15) is 11.5 Å². The Morgan fingerprint density at radius 2 is 1.95 bits per heavy atom. The minimum absolute atomic E-state index is 0.167. The van der Waals surface area contributed by atoms with Crippen molar-refractivity contribution in [1.82, 2.24) is 4.90 Å². The molecule has 1 heterocycles. The van der Waals surface area contributed by atoms with Crippen molar-refractivity contribution in [2.75, 3.05) is 19.7 Å². The second-order valence-electron chi connectivity index (χ2n) is 6.32. The van der Waals surface area contributed by atoms with Gasteiger partial charge in [0.25, 0.3) is 0 Å². The number of ketones is 1. The molecule has 0 aromatic rings. The highest BCUT2D eigenvalue weighted by molar-refractivity contribution is 6.00. The Kier molecular flexibility index (Phi) is 5.75. The lowest BCUT2D eigenvalue weighted by Crippen LogP contribution is -2.39. The van der Waals surface area contributed by atoms with Crippen molar-refractivity contribution in [3.63, 3.8) is 0 Å². The zero-order chi connectivity index (χ0) is 16.2. The van der Waals surface area contributed by atoms with Crippen LogP contribution in [-0.4, -0.2) is 48.0 Å². The van der Waals surface area contributed by atoms with E-state index in [0.29, 0.717) is 6.54 Å². The van der Waals surface area contributed by atoms with E-state index in [1.54, 1.807) is 34.6 Å². The molecule has 1 saturated heterocycles. The predicted molar refractivity (Wildman–Crippen MR) is 76.7 cm³/mol. The summed E-state index contributed by atoms with van der Waals surface area (Å²) >= 11 is 0. The van der Waals surface area contributed by atoms with Crippen LogP contribution in [0.4, 0.5) is 4.79 Å². The lowest BCUT2D eigenvalue weighted by Gasteiger charge is -2.27. The van der Waals surface area contributed by atoms with Crippen molar-refractivity contribution < 1.29 is 23.9 Å². The Morgan fingerprint density at radius 3 is 2.48 bits per heavy atom. The number of rotatable bonds is 2. The van der Waals surface area contributed by atoms with E-state index in [-0.39, 0.29) is 25.4 Å². The van der Waals surface area contributed by atoms with Crippen LogP contribution in [0.3, 0.4) is 0 Å². The summed E-state index contributed by atoms with van der Waals surface area (Å²) in [5, 5.41) is 0. The third kappa shape index (κ3) is 5.02.